The Balaban J connectivity index is 1.44. The van der Waals surface area contributed by atoms with Gasteiger partial charge in [-0.2, -0.15) is 0 Å². The summed E-state index contributed by atoms with van der Waals surface area (Å²) < 4.78 is 5.76. The number of halogens is 1. The van der Waals surface area contributed by atoms with E-state index in [-0.39, 0.29) is 23.8 Å². The Morgan fingerprint density at radius 1 is 1.20 bits per heavy atom. The predicted molar refractivity (Wildman–Crippen MR) is 117 cm³/mol. The lowest BCUT2D eigenvalue weighted by Gasteiger charge is -2.42. The van der Waals surface area contributed by atoms with Crippen LogP contribution in [0.3, 0.4) is 0 Å². The number of hydrogen-bond acceptors (Lipinski definition) is 4. The number of benzene rings is 2. The first-order valence-corrected chi connectivity index (χ1v) is 10.7. The Labute approximate surface area is 181 Å². The van der Waals surface area contributed by atoms with Gasteiger partial charge in [0.05, 0.1) is 12.5 Å². The van der Waals surface area contributed by atoms with Crippen molar-refractivity contribution < 1.29 is 9.53 Å². The molecule has 0 N–H and O–H groups in total. The van der Waals surface area contributed by atoms with Crippen LogP contribution in [0.1, 0.15) is 36.3 Å². The number of hydrogen-bond donors (Lipinski definition) is 0. The molecule has 30 heavy (non-hydrogen) atoms. The van der Waals surface area contributed by atoms with Crippen molar-refractivity contribution in [2.24, 2.45) is 11.0 Å². The molecule has 0 saturated carbocycles. The highest BCUT2D eigenvalue weighted by Crippen LogP contribution is 2.46. The zero-order valence-corrected chi connectivity index (χ0v) is 17.7. The molecule has 1 unspecified atom stereocenters. The van der Waals surface area contributed by atoms with Crippen LogP contribution in [0.4, 0.5) is 5.69 Å². The summed E-state index contributed by atoms with van der Waals surface area (Å²) in [5.74, 6) is -0.119. The lowest BCUT2D eigenvalue weighted by molar-refractivity contribution is -0.153. The summed E-state index contributed by atoms with van der Waals surface area (Å²) in [7, 11) is 2.13. The zero-order valence-electron chi connectivity index (χ0n) is 16.9. The summed E-state index contributed by atoms with van der Waals surface area (Å²) in [4.78, 5) is 18.3. The number of azide groups is 1. The molecule has 156 valence electrons. The largest absolute Gasteiger partial charge is 0.465 e. The first kappa shape index (κ1) is 20.7. The molecule has 2 aliphatic rings. The van der Waals surface area contributed by atoms with Crippen molar-refractivity contribution in [2.75, 3.05) is 13.7 Å². The van der Waals surface area contributed by atoms with Gasteiger partial charge in [0, 0.05) is 40.0 Å². The van der Waals surface area contributed by atoms with Crippen LogP contribution in [-0.4, -0.2) is 36.6 Å². The summed E-state index contributed by atoms with van der Waals surface area (Å²) in [6.07, 6.45) is 3.76. The standard InChI is InChI=1S/C23H25ClN4O2/c1-28-19-10-11-21(28)22(20(14-19)16-4-6-17(24)7-5-16)23(29)30-13-12-15-2-8-18(9-3-15)26-27-25/h2-9,19-22H,10-14H2,1H3/t19-,20-,21?,22+/m1/s1. The fourth-order valence-corrected chi connectivity index (χ4v) is 5.11. The van der Waals surface area contributed by atoms with Gasteiger partial charge in [0.25, 0.3) is 0 Å². The molecule has 0 radical (unpaired) electrons. The molecule has 0 amide bonds. The van der Waals surface area contributed by atoms with Gasteiger partial charge in [0.15, 0.2) is 0 Å². The van der Waals surface area contributed by atoms with E-state index in [1.165, 1.54) is 5.56 Å². The number of nitrogens with zero attached hydrogens (tertiary/aromatic N) is 4. The van der Waals surface area contributed by atoms with Gasteiger partial charge in [-0.25, -0.2) is 0 Å². The predicted octanol–water partition coefficient (Wildman–Crippen LogP) is 5.63. The number of esters is 1. The highest BCUT2D eigenvalue weighted by Gasteiger charge is 2.49. The van der Waals surface area contributed by atoms with Crippen molar-refractivity contribution in [3.63, 3.8) is 0 Å². The smallest absolute Gasteiger partial charge is 0.311 e. The summed E-state index contributed by atoms with van der Waals surface area (Å²) in [6.45, 7) is 0.337. The number of piperidine rings is 1. The molecule has 0 spiro atoms. The summed E-state index contributed by atoms with van der Waals surface area (Å²) >= 11 is 6.07. The number of rotatable bonds is 6. The van der Waals surface area contributed by atoms with Gasteiger partial charge in [-0.3, -0.25) is 9.69 Å². The molecule has 4 rings (SSSR count). The van der Waals surface area contributed by atoms with Gasteiger partial charge < -0.3 is 4.74 Å². The fraction of sp³-hybridized carbons (Fsp3) is 0.435. The topological polar surface area (TPSA) is 78.3 Å². The SMILES string of the molecule is CN1C2CC[C@@H]1C[C@H](c1ccc(Cl)cc1)[C@@H]2C(=O)OCCc1ccc(N=[N+]=[N-])cc1. The van der Waals surface area contributed by atoms with Crippen molar-refractivity contribution >= 4 is 23.3 Å². The first-order valence-electron chi connectivity index (χ1n) is 10.3. The highest BCUT2D eigenvalue weighted by molar-refractivity contribution is 6.30. The maximum Gasteiger partial charge on any atom is 0.311 e. The number of carbonyl (C=O) groups is 1. The van der Waals surface area contributed by atoms with Crippen LogP contribution in [0.15, 0.2) is 53.6 Å². The molecule has 2 fully saturated rings. The van der Waals surface area contributed by atoms with Crippen molar-refractivity contribution in [3.8, 4) is 0 Å². The molecular formula is C23H25ClN4O2. The van der Waals surface area contributed by atoms with E-state index in [2.05, 4.69) is 22.0 Å². The quantitative estimate of drug-likeness (QED) is 0.261. The third-order valence-electron chi connectivity index (χ3n) is 6.57. The van der Waals surface area contributed by atoms with E-state index in [0.29, 0.717) is 29.8 Å². The lowest BCUT2D eigenvalue weighted by atomic mass is 9.76. The van der Waals surface area contributed by atoms with E-state index in [1.807, 2.05) is 36.4 Å². The molecule has 0 aliphatic carbocycles. The van der Waals surface area contributed by atoms with Crippen LogP contribution in [0.25, 0.3) is 10.4 Å². The van der Waals surface area contributed by atoms with Crippen molar-refractivity contribution in [2.45, 2.75) is 43.7 Å². The number of carbonyl (C=O) groups excluding carboxylic acids is 1. The van der Waals surface area contributed by atoms with Crippen LogP contribution in [0.2, 0.25) is 5.02 Å². The second-order valence-electron chi connectivity index (χ2n) is 8.16. The molecule has 6 nitrogen and oxygen atoms in total. The van der Waals surface area contributed by atoms with E-state index < -0.39 is 0 Å². The maximum absolute atomic E-state index is 13.2. The Morgan fingerprint density at radius 3 is 2.63 bits per heavy atom. The van der Waals surface area contributed by atoms with Crippen LogP contribution < -0.4 is 0 Å². The van der Waals surface area contributed by atoms with E-state index >= 15 is 0 Å². The molecule has 2 aromatic carbocycles. The van der Waals surface area contributed by atoms with Gasteiger partial charge >= 0.3 is 5.97 Å². The van der Waals surface area contributed by atoms with Gasteiger partial charge in [-0.15, -0.1) is 0 Å². The van der Waals surface area contributed by atoms with Crippen molar-refractivity contribution in [1.82, 2.24) is 4.90 Å². The molecule has 2 saturated heterocycles. The van der Waals surface area contributed by atoms with E-state index in [4.69, 9.17) is 21.9 Å². The Morgan fingerprint density at radius 2 is 1.93 bits per heavy atom. The fourth-order valence-electron chi connectivity index (χ4n) is 4.99. The summed E-state index contributed by atoms with van der Waals surface area (Å²) in [5.41, 5.74) is 11.3. The highest BCUT2D eigenvalue weighted by atomic mass is 35.5. The lowest BCUT2D eigenvalue weighted by Crippen LogP contribution is -2.49. The minimum atomic E-state index is -0.165. The molecule has 2 aromatic rings. The molecule has 2 aliphatic heterocycles. The number of ether oxygens (including phenoxy) is 1. The average molecular weight is 425 g/mol. The van der Waals surface area contributed by atoms with Crippen molar-refractivity contribution in [1.29, 1.82) is 0 Å². The van der Waals surface area contributed by atoms with Crippen LogP contribution >= 0.6 is 11.6 Å². The van der Waals surface area contributed by atoms with Crippen LogP contribution in [0.5, 0.6) is 0 Å². The molecule has 2 heterocycles. The van der Waals surface area contributed by atoms with E-state index in [0.717, 1.165) is 24.8 Å². The van der Waals surface area contributed by atoms with Crippen molar-refractivity contribution in [3.05, 3.63) is 75.1 Å². The maximum atomic E-state index is 13.2. The van der Waals surface area contributed by atoms with Gasteiger partial charge in [0.2, 0.25) is 0 Å². The van der Waals surface area contributed by atoms with Gasteiger partial charge in [-0.1, -0.05) is 53.1 Å². The second kappa shape index (κ2) is 9.09. The average Bonchev–Trinajstić information content (AvgIpc) is 2.98. The third kappa shape index (κ3) is 4.31. The molecule has 4 atom stereocenters. The molecule has 2 bridgehead atoms. The minimum Gasteiger partial charge on any atom is -0.465 e. The third-order valence-corrected chi connectivity index (χ3v) is 6.82. The molecular weight excluding hydrogens is 400 g/mol. The minimum absolute atomic E-state index is 0.113. The Hall–Kier alpha value is -2.53. The monoisotopic (exact) mass is 424 g/mol. The first-order chi connectivity index (χ1) is 14.6. The number of fused-ring (bicyclic) bond motifs is 2. The normalized spacial score (nSPS) is 25.5. The second-order valence-corrected chi connectivity index (χ2v) is 8.59. The van der Waals surface area contributed by atoms with Crippen LogP contribution in [0, 0.1) is 5.92 Å². The van der Waals surface area contributed by atoms with Gasteiger partial charge in [-0.05, 0) is 55.1 Å². The Kier molecular flexibility index (Phi) is 6.28. The zero-order chi connectivity index (χ0) is 21.1. The molecule has 7 heteroatoms. The Bertz CT molecular complexity index is 941. The van der Waals surface area contributed by atoms with E-state index in [9.17, 15) is 4.79 Å². The summed E-state index contributed by atoms with van der Waals surface area (Å²) in [6, 6.07) is 16.0. The molecule has 0 aromatic heterocycles. The summed E-state index contributed by atoms with van der Waals surface area (Å²) in [5, 5.41) is 4.28. The van der Waals surface area contributed by atoms with E-state index in [1.54, 1.807) is 12.1 Å². The van der Waals surface area contributed by atoms with Gasteiger partial charge in [0.1, 0.15) is 0 Å². The van der Waals surface area contributed by atoms with Crippen LogP contribution in [-0.2, 0) is 16.0 Å².